The first kappa shape index (κ1) is 22.5. The predicted molar refractivity (Wildman–Crippen MR) is 133 cm³/mol. The molecular weight excluding hydrogens is 470 g/mol. The third kappa shape index (κ3) is 3.38. The minimum absolute atomic E-state index is 0.197. The number of amides is 1. The lowest BCUT2D eigenvalue weighted by molar-refractivity contribution is -0.143. The first-order valence-electron chi connectivity index (χ1n) is 11.0. The van der Waals surface area contributed by atoms with Crippen molar-refractivity contribution in [2.45, 2.75) is 39.8 Å². The summed E-state index contributed by atoms with van der Waals surface area (Å²) < 4.78 is 7.38. The van der Waals surface area contributed by atoms with Crippen molar-refractivity contribution in [2.75, 3.05) is 11.4 Å². The highest BCUT2D eigenvalue weighted by atomic mass is 32.1. The fourth-order valence-corrected chi connectivity index (χ4v) is 6.40. The maximum Gasteiger partial charge on any atom is 0.338 e. The van der Waals surface area contributed by atoms with Crippen molar-refractivity contribution in [2.24, 2.45) is 4.99 Å². The lowest BCUT2D eigenvalue weighted by Gasteiger charge is -2.24. The van der Waals surface area contributed by atoms with E-state index in [1.54, 1.807) is 25.7 Å². The first-order valence-corrected chi connectivity index (χ1v) is 12.7. The molecule has 0 saturated heterocycles. The van der Waals surface area contributed by atoms with E-state index in [2.05, 4.69) is 4.99 Å². The SMILES string of the molecule is CCN1C(=O)/C(=c2\sc3n(c2=O)C(c2cccs2)C(C(=O)OC(C)C)=C(C)N=3)c2ccccc21. The molecule has 2 aromatic heterocycles. The zero-order valence-corrected chi connectivity index (χ0v) is 20.8. The quantitative estimate of drug-likeness (QED) is 0.524. The van der Waals surface area contributed by atoms with Gasteiger partial charge in [0, 0.05) is 17.0 Å². The van der Waals surface area contributed by atoms with E-state index in [9.17, 15) is 14.4 Å². The number of benzene rings is 1. The van der Waals surface area contributed by atoms with Gasteiger partial charge in [0.2, 0.25) is 0 Å². The fourth-order valence-electron chi connectivity index (χ4n) is 4.44. The first-order chi connectivity index (χ1) is 16.3. The van der Waals surface area contributed by atoms with E-state index >= 15 is 0 Å². The number of aromatic nitrogens is 1. The van der Waals surface area contributed by atoms with Crippen molar-refractivity contribution in [1.29, 1.82) is 0 Å². The Bertz CT molecular complexity index is 1530. The van der Waals surface area contributed by atoms with Crippen LogP contribution in [0, 0.1) is 0 Å². The number of carbonyl (C=O) groups is 2. The number of rotatable bonds is 4. The molecule has 2 aliphatic rings. The molecule has 1 atom stereocenters. The van der Waals surface area contributed by atoms with E-state index in [1.165, 1.54) is 27.2 Å². The Balaban J connectivity index is 1.80. The van der Waals surface area contributed by atoms with Gasteiger partial charge in [-0.1, -0.05) is 35.6 Å². The van der Waals surface area contributed by atoms with Crippen LogP contribution >= 0.6 is 22.7 Å². The number of hydrogen-bond donors (Lipinski definition) is 0. The van der Waals surface area contributed by atoms with Crippen LogP contribution < -0.4 is 19.8 Å². The van der Waals surface area contributed by atoms with E-state index in [-0.39, 0.29) is 17.6 Å². The largest absolute Gasteiger partial charge is 0.459 e. The molecule has 1 aromatic carbocycles. The molecular formula is C25H23N3O4S2. The van der Waals surface area contributed by atoms with Crippen LogP contribution in [0.15, 0.2) is 62.8 Å². The average Bonchev–Trinajstić information content (AvgIpc) is 3.49. The Morgan fingerprint density at radius 1 is 1.18 bits per heavy atom. The van der Waals surface area contributed by atoms with Crippen molar-refractivity contribution in [3.63, 3.8) is 0 Å². The zero-order valence-electron chi connectivity index (χ0n) is 19.2. The number of anilines is 1. The van der Waals surface area contributed by atoms with Gasteiger partial charge >= 0.3 is 5.97 Å². The Hall–Kier alpha value is -3.30. The van der Waals surface area contributed by atoms with Crippen LogP contribution in [0.4, 0.5) is 5.69 Å². The van der Waals surface area contributed by atoms with Gasteiger partial charge in [-0.3, -0.25) is 14.2 Å². The van der Waals surface area contributed by atoms with Crippen molar-refractivity contribution in [1.82, 2.24) is 4.57 Å². The van der Waals surface area contributed by atoms with Crippen molar-refractivity contribution >= 4 is 45.8 Å². The summed E-state index contributed by atoms with van der Waals surface area (Å²) in [5.41, 5.74) is 2.44. The molecule has 174 valence electrons. The summed E-state index contributed by atoms with van der Waals surface area (Å²) in [4.78, 5) is 47.9. The van der Waals surface area contributed by atoms with Gasteiger partial charge in [-0.05, 0) is 45.2 Å². The second kappa shape index (κ2) is 8.48. The smallest absolute Gasteiger partial charge is 0.338 e. The van der Waals surface area contributed by atoms with Gasteiger partial charge in [0.05, 0.1) is 28.6 Å². The molecule has 1 amide bonds. The Morgan fingerprint density at radius 3 is 2.62 bits per heavy atom. The molecule has 4 heterocycles. The monoisotopic (exact) mass is 493 g/mol. The van der Waals surface area contributed by atoms with Gasteiger partial charge in [-0.15, -0.1) is 11.3 Å². The second-order valence-electron chi connectivity index (χ2n) is 8.31. The fraction of sp³-hybridized carbons (Fsp3) is 0.280. The van der Waals surface area contributed by atoms with Gasteiger partial charge < -0.3 is 9.64 Å². The number of thiazole rings is 1. The van der Waals surface area contributed by atoms with Crippen LogP contribution in [0.2, 0.25) is 0 Å². The van der Waals surface area contributed by atoms with Crippen LogP contribution in [-0.2, 0) is 14.3 Å². The number of thiophene rings is 1. The molecule has 0 saturated carbocycles. The predicted octanol–water partition coefficient (Wildman–Crippen LogP) is 2.99. The summed E-state index contributed by atoms with van der Waals surface area (Å²) in [6.07, 6.45) is -0.309. The molecule has 0 N–H and O–H groups in total. The standard InChI is InChI=1S/C25H23N3O4S2/c1-5-27-16-10-7-6-9-15(16)19(22(27)29)21-23(30)28-20(17-11-8-12-33-17)18(24(31)32-13(2)3)14(4)26-25(28)34-21/h6-13,20H,5H2,1-4H3/b21-19-. The second-order valence-corrected chi connectivity index (χ2v) is 10.3. The Labute approximate surface area is 203 Å². The van der Waals surface area contributed by atoms with Crippen LogP contribution in [0.3, 0.4) is 0 Å². The van der Waals surface area contributed by atoms with Gasteiger partial charge in [0.15, 0.2) is 4.80 Å². The average molecular weight is 494 g/mol. The number of hydrogen-bond acceptors (Lipinski definition) is 7. The molecule has 0 radical (unpaired) electrons. The van der Waals surface area contributed by atoms with Crippen molar-refractivity contribution < 1.29 is 14.3 Å². The molecule has 0 aliphatic carbocycles. The summed E-state index contributed by atoms with van der Waals surface area (Å²) in [7, 11) is 0. The van der Waals surface area contributed by atoms with Crippen LogP contribution in [0.5, 0.6) is 0 Å². The summed E-state index contributed by atoms with van der Waals surface area (Å²) in [5, 5.41) is 1.91. The third-order valence-corrected chi connectivity index (χ3v) is 7.82. The number of para-hydroxylation sites is 1. The van der Waals surface area contributed by atoms with Gasteiger partial charge in [0.1, 0.15) is 10.6 Å². The molecule has 34 heavy (non-hydrogen) atoms. The summed E-state index contributed by atoms with van der Waals surface area (Å²) in [6.45, 7) is 7.74. The molecule has 9 heteroatoms. The number of fused-ring (bicyclic) bond motifs is 2. The molecule has 0 fully saturated rings. The summed E-state index contributed by atoms with van der Waals surface area (Å²) >= 11 is 2.65. The van der Waals surface area contributed by atoms with Crippen LogP contribution in [-0.4, -0.2) is 29.1 Å². The van der Waals surface area contributed by atoms with Crippen molar-refractivity contribution in [3.05, 3.63) is 83.2 Å². The molecule has 1 unspecified atom stereocenters. The van der Waals surface area contributed by atoms with E-state index in [0.717, 1.165) is 16.1 Å². The maximum atomic E-state index is 13.9. The van der Waals surface area contributed by atoms with Crippen LogP contribution in [0.1, 0.15) is 44.2 Å². The number of ether oxygens (including phenoxy) is 1. The van der Waals surface area contributed by atoms with Gasteiger partial charge in [-0.25, -0.2) is 9.79 Å². The Kier molecular flexibility index (Phi) is 5.61. The highest BCUT2D eigenvalue weighted by Gasteiger charge is 2.37. The molecule has 7 nitrogen and oxygen atoms in total. The lowest BCUT2D eigenvalue weighted by atomic mass is 10.0. The number of carbonyl (C=O) groups excluding carboxylic acids is 2. The normalized spacial score (nSPS) is 18.8. The van der Waals surface area contributed by atoms with Crippen molar-refractivity contribution in [3.8, 4) is 0 Å². The molecule has 3 aromatic rings. The van der Waals surface area contributed by atoms with Gasteiger partial charge in [-0.2, -0.15) is 0 Å². The molecule has 5 rings (SSSR count). The van der Waals surface area contributed by atoms with E-state index < -0.39 is 12.0 Å². The number of allylic oxidation sites excluding steroid dienone is 1. The third-order valence-electron chi connectivity index (χ3n) is 5.84. The van der Waals surface area contributed by atoms with E-state index in [1.807, 2.05) is 48.7 Å². The Morgan fingerprint density at radius 2 is 1.94 bits per heavy atom. The summed E-state index contributed by atoms with van der Waals surface area (Å²) in [6, 6.07) is 10.6. The van der Waals surface area contributed by atoms with Crippen LogP contribution in [0.25, 0.3) is 5.57 Å². The molecule has 0 bridgehead atoms. The molecule has 0 spiro atoms. The topological polar surface area (TPSA) is 81.0 Å². The van der Waals surface area contributed by atoms with E-state index in [0.29, 0.717) is 32.7 Å². The number of esters is 1. The number of nitrogens with zero attached hydrogens (tertiary/aromatic N) is 3. The number of likely N-dealkylation sites (N-methyl/N-ethyl adjacent to an activating group) is 1. The van der Waals surface area contributed by atoms with E-state index in [4.69, 9.17) is 4.74 Å². The minimum atomic E-state index is -0.661. The molecule has 2 aliphatic heterocycles. The highest BCUT2D eigenvalue weighted by Crippen LogP contribution is 2.36. The maximum absolute atomic E-state index is 13.9. The summed E-state index contributed by atoms with van der Waals surface area (Å²) in [5.74, 6) is -0.691. The lowest BCUT2D eigenvalue weighted by Crippen LogP contribution is -2.40. The zero-order chi connectivity index (χ0) is 24.1. The van der Waals surface area contributed by atoms with Gasteiger partial charge in [0.25, 0.3) is 11.5 Å². The highest BCUT2D eigenvalue weighted by molar-refractivity contribution is 7.10. The minimum Gasteiger partial charge on any atom is -0.459 e.